The molecule has 0 unspecified atom stereocenters. The molecule has 0 radical (unpaired) electrons. The molecule has 3 rings (SSSR count). The molecule has 0 spiro atoms. The molecule has 6 nitrogen and oxygen atoms in total. The third-order valence-corrected chi connectivity index (χ3v) is 3.35. The van der Waals surface area contributed by atoms with Crippen LogP contribution in [-0.2, 0) is 18.0 Å². The van der Waals surface area contributed by atoms with E-state index in [2.05, 4.69) is 15.5 Å². The third-order valence-electron chi connectivity index (χ3n) is 3.13. The van der Waals surface area contributed by atoms with Crippen molar-refractivity contribution in [2.24, 2.45) is 5.73 Å². The molecule has 2 aromatic rings. The van der Waals surface area contributed by atoms with Crippen LogP contribution in [0.3, 0.4) is 0 Å². The number of benzene rings is 1. The number of aromatic amines is 1. The first kappa shape index (κ1) is 12.8. The number of aromatic nitrogens is 2. The Hall–Kier alpha value is -2.25. The fourth-order valence-electron chi connectivity index (χ4n) is 2.07. The Balaban J connectivity index is 1.83. The minimum atomic E-state index is -0.249. The highest BCUT2D eigenvalue weighted by molar-refractivity contribution is 7.80. The maximum Gasteiger partial charge on any atom is 0.256 e. The normalized spacial score (nSPS) is 13.0. The molecule has 0 bridgehead atoms. The summed E-state index contributed by atoms with van der Waals surface area (Å²) in [5, 5.41) is 9.20. The van der Waals surface area contributed by atoms with Crippen LogP contribution < -0.4 is 11.1 Å². The number of rotatable bonds is 3. The summed E-state index contributed by atoms with van der Waals surface area (Å²) >= 11 is 4.89. The van der Waals surface area contributed by atoms with Crippen LogP contribution in [0.2, 0.25) is 0 Å². The lowest BCUT2D eigenvalue weighted by Gasteiger charge is -2.06. The van der Waals surface area contributed by atoms with Crippen molar-refractivity contribution in [1.82, 2.24) is 10.2 Å². The number of hydrogen-bond acceptors (Lipinski definition) is 4. The van der Waals surface area contributed by atoms with Gasteiger partial charge in [0.25, 0.3) is 5.91 Å². The molecule has 0 fully saturated rings. The Bertz CT molecular complexity index is 695. The lowest BCUT2D eigenvalue weighted by molar-refractivity contribution is 0.102. The molecule has 1 aliphatic heterocycles. The smallest absolute Gasteiger partial charge is 0.256 e. The van der Waals surface area contributed by atoms with Gasteiger partial charge in [-0.05, 0) is 23.3 Å². The van der Waals surface area contributed by atoms with E-state index in [9.17, 15) is 4.79 Å². The van der Waals surface area contributed by atoms with Gasteiger partial charge in [-0.15, -0.1) is 0 Å². The van der Waals surface area contributed by atoms with Gasteiger partial charge in [0, 0.05) is 5.56 Å². The number of carbonyl (C=O) groups excluding carboxylic acids is 1. The van der Waals surface area contributed by atoms with Crippen LogP contribution in [-0.4, -0.2) is 21.1 Å². The van der Waals surface area contributed by atoms with E-state index in [0.29, 0.717) is 30.2 Å². The van der Waals surface area contributed by atoms with Gasteiger partial charge in [-0.25, -0.2) is 0 Å². The molecule has 1 amide bonds. The maximum absolute atomic E-state index is 12.2. The van der Waals surface area contributed by atoms with Gasteiger partial charge >= 0.3 is 0 Å². The Morgan fingerprint density at radius 3 is 3.00 bits per heavy atom. The van der Waals surface area contributed by atoms with Crippen molar-refractivity contribution in [2.45, 2.75) is 13.2 Å². The highest BCUT2D eigenvalue weighted by Gasteiger charge is 2.16. The van der Waals surface area contributed by atoms with Gasteiger partial charge in [0.15, 0.2) is 0 Å². The number of carbonyl (C=O) groups is 1. The van der Waals surface area contributed by atoms with Gasteiger partial charge in [-0.1, -0.05) is 18.3 Å². The van der Waals surface area contributed by atoms with Crippen LogP contribution in [0.15, 0.2) is 24.4 Å². The molecule has 0 atom stereocenters. The van der Waals surface area contributed by atoms with Crippen LogP contribution in [0, 0.1) is 0 Å². The first-order valence-corrected chi connectivity index (χ1v) is 6.40. The average Bonchev–Trinajstić information content (AvgIpc) is 3.05. The molecule has 2 heterocycles. The molecule has 1 aliphatic rings. The second-order valence-corrected chi connectivity index (χ2v) is 4.89. The summed E-state index contributed by atoms with van der Waals surface area (Å²) in [6, 6.07) is 5.49. The first-order chi connectivity index (χ1) is 9.65. The van der Waals surface area contributed by atoms with Crippen molar-refractivity contribution in [3.8, 4) is 0 Å². The highest BCUT2D eigenvalue weighted by Crippen LogP contribution is 2.21. The number of hydrogen-bond donors (Lipinski definition) is 3. The lowest BCUT2D eigenvalue weighted by atomic mass is 10.1. The average molecular weight is 288 g/mol. The van der Waals surface area contributed by atoms with Gasteiger partial charge in [0.2, 0.25) is 0 Å². The van der Waals surface area contributed by atoms with E-state index < -0.39 is 0 Å². The van der Waals surface area contributed by atoms with Crippen molar-refractivity contribution < 1.29 is 9.53 Å². The molecule has 1 aromatic carbocycles. The molecule has 4 N–H and O–H groups in total. The summed E-state index contributed by atoms with van der Waals surface area (Å²) in [6.07, 6.45) is 1.48. The van der Waals surface area contributed by atoms with Gasteiger partial charge in [0.1, 0.15) is 10.8 Å². The van der Waals surface area contributed by atoms with E-state index in [0.717, 1.165) is 11.1 Å². The van der Waals surface area contributed by atoms with Crippen LogP contribution in [0.5, 0.6) is 0 Å². The topological polar surface area (TPSA) is 93.0 Å². The second kappa shape index (κ2) is 5.03. The number of anilines is 1. The second-order valence-electron chi connectivity index (χ2n) is 4.45. The predicted molar refractivity (Wildman–Crippen MR) is 77.4 cm³/mol. The minimum Gasteiger partial charge on any atom is -0.389 e. The van der Waals surface area contributed by atoms with Crippen molar-refractivity contribution in [1.29, 1.82) is 0 Å². The van der Waals surface area contributed by atoms with Gasteiger partial charge in [-0.2, -0.15) is 5.10 Å². The number of nitrogens with two attached hydrogens (primary N) is 1. The van der Waals surface area contributed by atoms with E-state index >= 15 is 0 Å². The molecular weight excluding hydrogens is 276 g/mol. The largest absolute Gasteiger partial charge is 0.389 e. The predicted octanol–water partition coefficient (Wildman–Crippen LogP) is 1.33. The molecule has 20 heavy (non-hydrogen) atoms. The zero-order valence-electron chi connectivity index (χ0n) is 10.5. The van der Waals surface area contributed by atoms with E-state index in [1.165, 1.54) is 6.20 Å². The van der Waals surface area contributed by atoms with Crippen molar-refractivity contribution in [3.05, 3.63) is 46.6 Å². The summed E-state index contributed by atoms with van der Waals surface area (Å²) in [6.45, 7) is 1.14. The lowest BCUT2D eigenvalue weighted by Crippen LogP contribution is -2.17. The highest BCUT2D eigenvalue weighted by atomic mass is 32.1. The van der Waals surface area contributed by atoms with E-state index in [1.807, 2.05) is 12.1 Å². The maximum atomic E-state index is 12.2. The zero-order valence-corrected chi connectivity index (χ0v) is 11.3. The van der Waals surface area contributed by atoms with Crippen LogP contribution in [0.4, 0.5) is 5.82 Å². The van der Waals surface area contributed by atoms with Crippen LogP contribution >= 0.6 is 12.2 Å². The number of amides is 1. The molecule has 7 heteroatoms. The number of ether oxygens (including phenoxy) is 1. The summed E-state index contributed by atoms with van der Waals surface area (Å²) < 4.78 is 5.32. The Labute approximate surface area is 120 Å². The van der Waals surface area contributed by atoms with Gasteiger partial charge in [0.05, 0.1) is 25.0 Å². The molecule has 0 saturated heterocycles. The summed E-state index contributed by atoms with van der Waals surface area (Å²) in [7, 11) is 0. The quantitative estimate of drug-likeness (QED) is 0.741. The molecule has 0 saturated carbocycles. The molecular formula is C13H12N4O2S. The Morgan fingerprint density at radius 2 is 2.20 bits per heavy atom. The summed E-state index contributed by atoms with van der Waals surface area (Å²) in [4.78, 5) is 12.4. The Kier molecular flexibility index (Phi) is 3.21. The van der Waals surface area contributed by atoms with Crippen molar-refractivity contribution in [3.63, 3.8) is 0 Å². The SMILES string of the molecule is NC(=S)c1cn[nH]c1NC(=O)c1ccc2c(c1)COC2. The standard InChI is InChI=1S/C13H12N4O2S/c14-11(20)10-4-15-17-12(10)16-13(18)7-1-2-8-5-19-6-9(8)3-7/h1-4H,5-6H2,(H2,14,20)(H2,15,16,17,18). The Morgan fingerprint density at radius 1 is 1.40 bits per heavy atom. The van der Waals surface area contributed by atoms with Gasteiger partial charge < -0.3 is 15.8 Å². The fraction of sp³-hybridized carbons (Fsp3) is 0.154. The minimum absolute atomic E-state index is 0.177. The van der Waals surface area contributed by atoms with E-state index in [-0.39, 0.29) is 10.9 Å². The first-order valence-electron chi connectivity index (χ1n) is 5.99. The fourth-order valence-corrected chi connectivity index (χ4v) is 2.22. The molecule has 1 aromatic heterocycles. The summed E-state index contributed by atoms with van der Waals surface area (Å²) in [5.74, 6) is 0.153. The molecule has 102 valence electrons. The van der Waals surface area contributed by atoms with Crippen molar-refractivity contribution in [2.75, 3.05) is 5.32 Å². The zero-order chi connectivity index (χ0) is 14.1. The third kappa shape index (κ3) is 2.28. The molecule has 0 aliphatic carbocycles. The van der Waals surface area contributed by atoms with E-state index in [1.54, 1.807) is 6.07 Å². The number of nitrogens with one attached hydrogen (secondary N) is 2. The number of fused-ring (bicyclic) bond motifs is 1. The van der Waals surface area contributed by atoms with E-state index in [4.69, 9.17) is 22.7 Å². The summed E-state index contributed by atoms with van der Waals surface area (Å²) in [5.41, 5.74) is 8.77. The number of nitrogens with zero attached hydrogens (tertiary/aromatic N) is 1. The van der Waals surface area contributed by atoms with Crippen LogP contribution in [0.1, 0.15) is 27.0 Å². The number of H-pyrrole nitrogens is 1. The van der Waals surface area contributed by atoms with Crippen molar-refractivity contribution >= 4 is 28.9 Å². The van der Waals surface area contributed by atoms with Gasteiger partial charge in [-0.3, -0.25) is 9.89 Å². The number of thiocarbonyl (C=S) groups is 1. The monoisotopic (exact) mass is 288 g/mol. The van der Waals surface area contributed by atoms with Crippen LogP contribution in [0.25, 0.3) is 0 Å².